The first-order valence-electron chi connectivity index (χ1n) is 17.6. The maximum absolute atomic E-state index is 11.3. The molecule has 0 unspecified atom stereocenters. The van der Waals surface area contributed by atoms with Crippen LogP contribution in [0.3, 0.4) is 0 Å². The topological polar surface area (TPSA) is 130 Å². The molecule has 1 aliphatic heterocycles. The van der Waals surface area contributed by atoms with Crippen LogP contribution in [0.4, 0.5) is 0 Å². The minimum Gasteiger partial charge on any atom is -0.481 e. The first kappa shape index (κ1) is 37.7. The minimum atomic E-state index is -0.952. The predicted octanol–water partition coefficient (Wildman–Crippen LogP) is 5.77. The first-order chi connectivity index (χ1) is 22.3. The Bertz CT molecular complexity index is 1240. The van der Waals surface area contributed by atoms with E-state index in [1.54, 1.807) is 0 Å². The number of rotatable bonds is 17. The van der Waals surface area contributed by atoms with Crippen molar-refractivity contribution in [3.8, 4) is 11.8 Å². The zero-order valence-electron chi connectivity index (χ0n) is 28.0. The Hall–Kier alpha value is -2.73. The van der Waals surface area contributed by atoms with Gasteiger partial charge in [0.1, 0.15) is 0 Å². The summed E-state index contributed by atoms with van der Waals surface area (Å²) in [6, 6.07) is 5.79. The quantitative estimate of drug-likeness (QED) is 0.0728. The van der Waals surface area contributed by atoms with E-state index in [-0.39, 0.29) is 37.5 Å². The summed E-state index contributed by atoms with van der Waals surface area (Å²) >= 11 is 0. The van der Waals surface area contributed by atoms with Crippen LogP contribution in [-0.2, 0) is 17.6 Å². The lowest BCUT2D eigenvalue weighted by molar-refractivity contribution is -0.137. The number of aliphatic hydroxyl groups excluding tert-OH is 4. The number of carbonyl (C=O) groups is 1. The summed E-state index contributed by atoms with van der Waals surface area (Å²) in [6.07, 6.45) is 16.6. The van der Waals surface area contributed by atoms with Crippen LogP contribution in [0.15, 0.2) is 53.6 Å². The highest BCUT2D eigenvalue weighted by Crippen LogP contribution is 2.30. The third kappa shape index (κ3) is 12.1. The van der Waals surface area contributed by atoms with Crippen molar-refractivity contribution in [2.24, 2.45) is 5.92 Å². The molecule has 6 N–H and O–H groups in total. The Balaban J connectivity index is 2.11. The summed E-state index contributed by atoms with van der Waals surface area (Å²) in [4.78, 5) is 11.0. The second kappa shape index (κ2) is 20.5. The van der Waals surface area contributed by atoms with Gasteiger partial charge in [0.05, 0.1) is 36.9 Å². The lowest BCUT2D eigenvalue weighted by Crippen LogP contribution is -2.51. The van der Waals surface area contributed by atoms with Crippen molar-refractivity contribution < 1.29 is 30.3 Å². The van der Waals surface area contributed by atoms with Gasteiger partial charge in [0.15, 0.2) is 0 Å². The molecular weight excluding hydrogens is 578 g/mol. The van der Waals surface area contributed by atoms with Crippen molar-refractivity contribution in [3.05, 3.63) is 70.3 Å². The second-order valence-corrected chi connectivity index (χ2v) is 12.9. The summed E-state index contributed by atoms with van der Waals surface area (Å²) in [6.45, 7) is 3.91. The van der Waals surface area contributed by atoms with E-state index in [9.17, 15) is 25.2 Å². The van der Waals surface area contributed by atoms with Gasteiger partial charge in [-0.15, -0.1) is 0 Å². The molecular formula is C39H57NO6. The fourth-order valence-electron chi connectivity index (χ4n) is 6.63. The van der Waals surface area contributed by atoms with E-state index in [4.69, 9.17) is 5.11 Å². The molecule has 6 atom stereocenters. The van der Waals surface area contributed by atoms with E-state index in [1.165, 1.54) is 5.56 Å². The molecule has 0 radical (unpaired) electrons. The van der Waals surface area contributed by atoms with Gasteiger partial charge in [-0.1, -0.05) is 107 Å². The highest BCUT2D eigenvalue weighted by atomic mass is 16.4. The molecule has 0 bridgehead atoms. The Morgan fingerprint density at radius 3 is 2.63 bits per heavy atom. The monoisotopic (exact) mass is 635 g/mol. The molecule has 1 aromatic rings. The molecule has 3 rings (SSSR count). The van der Waals surface area contributed by atoms with E-state index >= 15 is 0 Å². The summed E-state index contributed by atoms with van der Waals surface area (Å²) in [5, 5.41) is 55.8. The molecule has 1 heterocycles. The van der Waals surface area contributed by atoms with Crippen LogP contribution in [-0.4, -0.2) is 68.5 Å². The van der Waals surface area contributed by atoms with Crippen molar-refractivity contribution in [2.45, 2.75) is 141 Å². The summed E-state index contributed by atoms with van der Waals surface area (Å²) in [5.74, 6) is 6.00. The van der Waals surface area contributed by atoms with Crippen molar-refractivity contribution in [2.75, 3.05) is 6.61 Å². The summed E-state index contributed by atoms with van der Waals surface area (Å²) in [7, 11) is 0. The third-order valence-corrected chi connectivity index (χ3v) is 9.32. The lowest BCUT2D eigenvalue weighted by Gasteiger charge is -2.36. The second-order valence-electron chi connectivity index (χ2n) is 12.9. The maximum Gasteiger partial charge on any atom is 0.303 e. The van der Waals surface area contributed by atoms with Gasteiger partial charge in [-0.05, 0) is 73.6 Å². The number of hydrogen-bond donors (Lipinski definition) is 6. The largest absolute Gasteiger partial charge is 0.481 e. The van der Waals surface area contributed by atoms with E-state index in [0.717, 1.165) is 80.1 Å². The molecule has 2 aliphatic rings. The van der Waals surface area contributed by atoms with Crippen LogP contribution in [0.2, 0.25) is 0 Å². The number of aryl methyl sites for hydroxylation is 2. The Kier molecular flexibility index (Phi) is 16.8. The number of carboxylic acids is 1. The minimum absolute atomic E-state index is 0.160. The third-order valence-electron chi connectivity index (χ3n) is 9.32. The Morgan fingerprint density at radius 1 is 1.09 bits per heavy atom. The Morgan fingerprint density at radius 2 is 1.89 bits per heavy atom. The van der Waals surface area contributed by atoms with Crippen molar-refractivity contribution in [3.63, 3.8) is 0 Å². The van der Waals surface area contributed by atoms with Crippen molar-refractivity contribution >= 4 is 5.97 Å². The number of nitrogens with one attached hydrogen (secondary N) is 1. The average Bonchev–Trinajstić information content (AvgIpc) is 3.04. The maximum atomic E-state index is 11.3. The normalized spacial score (nSPS) is 23.1. The SMILES string of the molecule is CCCCC[C@H](O)C=CC1=C(C[C@H](O)CO)[C@H](CCCCCCC(=O)O)N[C@@H]2[C@@H](C#Cc3c(CC)cccc3CC1)C=CC[C@@H]2O. The fraction of sp³-hybridized carbons (Fsp3) is 0.615. The number of hydrogen-bond acceptors (Lipinski definition) is 6. The van der Waals surface area contributed by atoms with Gasteiger partial charge in [-0.2, -0.15) is 0 Å². The number of aliphatic carboxylic acids is 1. The molecule has 254 valence electrons. The van der Waals surface area contributed by atoms with Gasteiger partial charge < -0.3 is 30.8 Å². The number of aliphatic hydroxyl groups is 4. The Labute approximate surface area is 276 Å². The van der Waals surface area contributed by atoms with E-state index in [1.807, 2.05) is 18.2 Å². The van der Waals surface area contributed by atoms with Crippen LogP contribution in [0.5, 0.6) is 0 Å². The van der Waals surface area contributed by atoms with E-state index < -0.39 is 24.3 Å². The zero-order chi connectivity index (χ0) is 33.3. The van der Waals surface area contributed by atoms with Gasteiger partial charge in [0.25, 0.3) is 0 Å². The highest BCUT2D eigenvalue weighted by molar-refractivity contribution is 5.66. The molecule has 46 heavy (non-hydrogen) atoms. The van der Waals surface area contributed by atoms with Crippen LogP contribution in [0.25, 0.3) is 0 Å². The molecule has 1 aromatic carbocycles. The van der Waals surface area contributed by atoms with Crippen LogP contribution >= 0.6 is 0 Å². The summed E-state index contributed by atoms with van der Waals surface area (Å²) in [5.41, 5.74) is 5.38. The smallest absolute Gasteiger partial charge is 0.303 e. The molecule has 7 heteroatoms. The molecule has 0 saturated heterocycles. The van der Waals surface area contributed by atoms with Crippen LogP contribution in [0, 0.1) is 17.8 Å². The number of unbranched alkanes of at least 4 members (excludes halogenated alkanes) is 5. The number of allylic oxidation sites excluding steroid dienone is 2. The molecule has 0 amide bonds. The fourth-order valence-corrected chi connectivity index (χ4v) is 6.63. The van der Waals surface area contributed by atoms with Crippen LogP contribution in [0.1, 0.15) is 114 Å². The van der Waals surface area contributed by atoms with Crippen molar-refractivity contribution in [1.82, 2.24) is 5.32 Å². The molecule has 0 aromatic heterocycles. The van der Waals surface area contributed by atoms with Gasteiger partial charge in [0, 0.05) is 18.0 Å². The standard InChI is InChI=1S/C39H57NO6/c1-3-5-8-16-32(42)24-22-30-21-20-29-14-11-13-28(4-2)34(29)25-23-31-15-12-18-37(44)39(31)40-36(35(30)26-33(43)27-41)17-9-6-7-10-19-38(45)46/h11-15,22,24,31-33,36-37,39-44H,3-10,16-21,26-27H2,1-2H3,(H,45,46)/t31-,32+,33+,36+,37+,39-/m1/s1. The number of carboxylic acid groups (broad SMARTS) is 1. The van der Waals surface area contributed by atoms with Gasteiger partial charge >= 0.3 is 5.97 Å². The number of fused-ring (bicyclic) bond motifs is 2. The van der Waals surface area contributed by atoms with E-state index in [2.05, 4.69) is 55.3 Å². The summed E-state index contributed by atoms with van der Waals surface area (Å²) < 4.78 is 0. The predicted molar refractivity (Wildman–Crippen MR) is 184 cm³/mol. The zero-order valence-corrected chi connectivity index (χ0v) is 28.0. The molecule has 0 saturated carbocycles. The van der Waals surface area contributed by atoms with Gasteiger partial charge in [-0.3, -0.25) is 4.79 Å². The van der Waals surface area contributed by atoms with Crippen LogP contribution < -0.4 is 5.32 Å². The first-order valence-corrected chi connectivity index (χ1v) is 17.6. The van der Waals surface area contributed by atoms with Gasteiger partial charge in [-0.25, -0.2) is 0 Å². The average molecular weight is 636 g/mol. The number of benzene rings is 1. The lowest BCUT2D eigenvalue weighted by atomic mass is 9.83. The molecule has 0 spiro atoms. The van der Waals surface area contributed by atoms with Gasteiger partial charge in [0.2, 0.25) is 0 Å². The molecule has 0 fully saturated rings. The molecule has 7 nitrogen and oxygen atoms in total. The highest BCUT2D eigenvalue weighted by Gasteiger charge is 2.32. The van der Waals surface area contributed by atoms with E-state index in [0.29, 0.717) is 25.7 Å². The van der Waals surface area contributed by atoms with Crippen molar-refractivity contribution in [1.29, 1.82) is 0 Å². The molecule has 1 aliphatic carbocycles.